The zero-order chi connectivity index (χ0) is 10.7. The molecule has 1 fully saturated rings. The van der Waals surface area contributed by atoms with Crippen LogP contribution >= 0.6 is 0 Å². The highest BCUT2D eigenvalue weighted by atomic mass is 16.7. The molecule has 1 saturated heterocycles. The molecule has 5 heteroatoms. The molecule has 80 valence electrons. The lowest BCUT2D eigenvalue weighted by Gasteiger charge is -2.21. The van der Waals surface area contributed by atoms with Crippen LogP contribution in [0.15, 0.2) is 0 Å². The van der Waals surface area contributed by atoms with Crippen LogP contribution in [0.5, 0.6) is 0 Å². The Morgan fingerprint density at radius 1 is 1.71 bits per heavy atom. The first-order valence-electron chi connectivity index (χ1n) is 4.64. The quantitative estimate of drug-likeness (QED) is 0.641. The lowest BCUT2D eigenvalue weighted by atomic mass is 9.92. The molecular formula is C9H16N2O3. The predicted molar refractivity (Wildman–Crippen MR) is 50.1 cm³/mol. The number of amides is 2. The summed E-state index contributed by atoms with van der Waals surface area (Å²) in [5.41, 5.74) is 0. The summed E-state index contributed by atoms with van der Waals surface area (Å²) < 4.78 is 0. The fourth-order valence-electron chi connectivity index (χ4n) is 1.56. The van der Waals surface area contributed by atoms with E-state index >= 15 is 0 Å². The standard InChI is InChI=1S/C9H16N2O3/c1-6(9(13)11(2)14-3)7-4-8(12)10-5-7/h6-7H,4-5H2,1-3H3,(H,10,12)/t6-,7-/m1/s1. The molecule has 0 radical (unpaired) electrons. The summed E-state index contributed by atoms with van der Waals surface area (Å²) in [6.07, 6.45) is 0.435. The van der Waals surface area contributed by atoms with Crippen molar-refractivity contribution in [2.24, 2.45) is 11.8 Å². The minimum Gasteiger partial charge on any atom is -0.356 e. The van der Waals surface area contributed by atoms with Crippen molar-refractivity contribution in [3.05, 3.63) is 0 Å². The Kier molecular flexibility index (Phi) is 3.46. The number of rotatable bonds is 3. The summed E-state index contributed by atoms with van der Waals surface area (Å²) in [6, 6.07) is 0. The number of hydrogen-bond acceptors (Lipinski definition) is 3. The smallest absolute Gasteiger partial charge is 0.249 e. The van der Waals surface area contributed by atoms with Crippen molar-refractivity contribution in [3.63, 3.8) is 0 Å². The number of hydroxylamine groups is 2. The molecular weight excluding hydrogens is 184 g/mol. The second kappa shape index (κ2) is 4.41. The van der Waals surface area contributed by atoms with Crippen LogP contribution < -0.4 is 5.32 Å². The van der Waals surface area contributed by atoms with E-state index in [1.54, 1.807) is 7.05 Å². The summed E-state index contributed by atoms with van der Waals surface area (Å²) in [4.78, 5) is 27.4. The largest absolute Gasteiger partial charge is 0.356 e. The van der Waals surface area contributed by atoms with E-state index in [2.05, 4.69) is 5.32 Å². The third kappa shape index (κ3) is 2.23. The van der Waals surface area contributed by atoms with Crippen molar-refractivity contribution in [3.8, 4) is 0 Å². The van der Waals surface area contributed by atoms with Crippen LogP contribution in [0.25, 0.3) is 0 Å². The molecule has 1 aliphatic rings. The van der Waals surface area contributed by atoms with Gasteiger partial charge in [-0.2, -0.15) is 0 Å². The summed E-state index contributed by atoms with van der Waals surface area (Å²) in [5.74, 6) is -0.157. The minimum absolute atomic E-state index is 0.0229. The van der Waals surface area contributed by atoms with E-state index in [1.807, 2.05) is 6.92 Å². The van der Waals surface area contributed by atoms with Crippen molar-refractivity contribution in [1.82, 2.24) is 10.4 Å². The molecule has 0 aromatic heterocycles. The van der Waals surface area contributed by atoms with Gasteiger partial charge in [-0.15, -0.1) is 0 Å². The fourth-order valence-corrected chi connectivity index (χ4v) is 1.56. The summed E-state index contributed by atoms with van der Waals surface area (Å²) in [6.45, 7) is 2.41. The maximum absolute atomic E-state index is 11.6. The maximum atomic E-state index is 11.6. The van der Waals surface area contributed by atoms with E-state index in [9.17, 15) is 9.59 Å². The molecule has 0 aromatic rings. The first-order chi connectivity index (χ1) is 6.56. The molecule has 2 atom stereocenters. The third-order valence-corrected chi connectivity index (χ3v) is 2.69. The Labute approximate surface area is 83.4 Å². The molecule has 0 spiro atoms. The second-order valence-corrected chi connectivity index (χ2v) is 3.58. The van der Waals surface area contributed by atoms with Crippen LogP contribution in [0.2, 0.25) is 0 Å². The summed E-state index contributed by atoms with van der Waals surface area (Å²) in [7, 11) is 3.02. The molecule has 2 amide bonds. The van der Waals surface area contributed by atoms with Gasteiger partial charge in [0.05, 0.1) is 7.11 Å². The first kappa shape index (κ1) is 11.0. The van der Waals surface area contributed by atoms with Crippen molar-refractivity contribution >= 4 is 11.8 Å². The van der Waals surface area contributed by atoms with Gasteiger partial charge in [0.15, 0.2) is 0 Å². The molecule has 0 unspecified atom stereocenters. The summed E-state index contributed by atoms with van der Waals surface area (Å²) in [5, 5.41) is 3.91. The molecule has 0 saturated carbocycles. The third-order valence-electron chi connectivity index (χ3n) is 2.69. The highest BCUT2D eigenvalue weighted by Gasteiger charge is 2.32. The lowest BCUT2D eigenvalue weighted by Crippen LogP contribution is -2.35. The van der Waals surface area contributed by atoms with Gasteiger partial charge >= 0.3 is 0 Å². The fraction of sp³-hybridized carbons (Fsp3) is 0.778. The van der Waals surface area contributed by atoms with Gasteiger partial charge in [-0.3, -0.25) is 14.4 Å². The van der Waals surface area contributed by atoms with Crippen LogP contribution in [0, 0.1) is 11.8 Å². The topological polar surface area (TPSA) is 58.6 Å². The number of nitrogens with zero attached hydrogens (tertiary/aromatic N) is 1. The van der Waals surface area contributed by atoms with Gasteiger partial charge in [0.1, 0.15) is 0 Å². The van der Waals surface area contributed by atoms with Crippen LogP contribution in [0.3, 0.4) is 0 Å². The van der Waals surface area contributed by atoms with E-state index in [-0.39, 0.29) is 23.7 Å². The monoisotopic (exact) mass is 200 g/mol. The van der Waals surface area contributed by atoms with Crippen molar-refractivity contribution in [1.29, 1.82) is 0 Å². The summed E-state index contributed by atoms with van der Waals surface area (Å²) >= 11 is 0. The van der Waals surface area contributed by atoms with Crippen LogP contribution in [-0.2, 0) is 14.4 Å². The molecule has 0 aliphatic carbocycles. The number of nitrogens with one attached hydrogen (secondary N) is 1. The van der Waals surface area contributed by atoms with Gasteiger partial charge in [-0.05, 0) is 5.92 Å². The Morgan fingerprint density at radius 2 is 2.36 bits per heavy atom. The molecule has 1 heterocycles. The van der Waals surface area contributed by atoms with E-state index < -0.39 is 0 Å². The SMILES string of the molecule is CON(C)C(=O)[C@H](C)[C@H]1CNC(=O)C1. The van der Waals surface area contributed by atoms with Crippen LogP contribution in [0.1, 0.15) is 13.3 Å². The molecule has 1 N–H and O–H groups in total. The highest BCUT2D eigenvalue weighted by Crippen LogP contribution is 2.20. The van der Waals surface area contributed by atoms with E-state index in [0.717, 1.165) is 0 Å². The van der Waals surface area contributed by atoms with Gasteiger partial charge < -0.3 is 5.32 Å². The average Bonchev–Trinajstić information content (AvgIpc) is 2.61. The zero-order valence-corrected chi connectivity index (χ0v) is 8.74. The first-order valence-corrected chi connectivity index (χ1v) is 4.64. The van der Waals surface area contributed by atoms with Gasteiger partial charge in [0, 0.05) is 25.9 Å². The van der Waals surface area contributed by atoms with Crippen molar-refractivity contribution in [2.75, 3.05) is 20.7 Å². The Morgan fingerprint density at radius 3 is 2.79 bits per heavy atom. The average molecular weight is 200 g/mol. The molecule has 5 nitrogen and oxygen atoms in total. The Hall–Kier alpha value is -1.10. The van der Waals surface area contributed by atoms with E-state index in [1.165, 1.54) is 12.2 Å². The number of carbonyl (C=O) groups is 2. The number of carbonyl (C=O) groups excluding carboxylic acids is 2. The normalized spacial score (nSPS) is 23.1. The molecule has 0 bridgehead atoms. The Balaban J connectivity index is 2.52. The highest BCUT2D eigenvalue weighted by molar-refractivity contribution is 5.82. The molecule has 14 heavy (non-hydrogen) atoms. The van der Waals surface area contributed by atoms with Gasteiger partial charge in [0.25, 0.3) is 0 Å². The van der Waals surface area contributed by atoms with Gasteiger partial charge in [-0.1, -0.05) is 6.92 Å². The number of hydrogen-bond donors (Lipinski definition) is 1. The van der Waals surface area contributed by atoms with E-state index in [4.69, 9.17) is 4.84 Å². The van der Waals surface area contributed by atoms with Gasteiger partial charge in [-0.25, -0.2) is 5.06 Å². The van der Waals surface area contributed by atoms with E-state index in [0.29, 0.717) is 13.0 Å². The van der Waals surface area contributed by atoms with Crippen molar-refractivity contribution in [2.45, 2.75) is 13.3 Å². The molecule has 1 aliphatic heterocycles. The van der Waals surface area contributed by atoms with Crippen LogP contribution in [-0.4, -0.2) is 37.6 Å². The van der Waals surface area contributed by atoms with Crippen molar-refractivity contribution < 1.29 is 14.4 Å². The molecule has 0 aromatic carbocycles. The minimum atomic E-state index is -0.182. The maximum Gasteiger partial charge on any atom is 0.249 e. The van der Waals surface area contributed by atoms with Crippen LogP contribution in [0.4, 0.5) is 0 Å². The zero-order valence-electron chi connectivity index (χ0n) is 8.74. The predicted octanol–water partition coefficient (Wildman–Crippen LogP) is -0.222. The second-order valence-electron chi connectivity index (χ2n) is 3.58. The van der Waals surface area contributed by atoms with Gasteiger partial charge in [0.2, 0.25) is 11.8 Å². The lowest BCUT2D eigenvalue weighted by molar-refractivity contribution is -0.174. The molecule has 1 rings (SSSR count). The Bertz CT molecular complexity index is 242.